The molecular weight excluding hydrogens is 400 g/mol. The number of carbonyl (C=O) groups excluding carboxylic acids is 2. The maximum Gasteiger partial charge on any atom is 0.360 e. The molecule has 0 fully saturated rings. The summed E-state index contributed by atoms with van der Waals surface area (Å²) in [5.74, 6) is -0.763. The third-order valence-electron chi connectivity index (χ3n) is 4.47. The predicted octanol–water partition coefficient (Wildman–Crippen LogP) is 4.28. The van der Waals surface area contributed by atoms with Gasteiger partial charge in [-0.2, -0.15) is 10.1 Å². The summed E-state index contributed by atoms with van der Waals surface area (Å²) in [6.45, 7) is 4.41. The minimum absolute atomic E-state index is 0.205. The Morgan fingerprint density at radius 2 is 1.83 bits per heavy atom. The Hall–Kier alpha value is -3.52. The number of fused-ring (bicyclic) bond motifs is 1. The first kappa shape index (κ1) is 19.8. The van der Waals surface area contributed by atoms with Crippen LogP contribution in [0.25, 0.3) is 10.3 Å². The number of thiazole rings is 1. The fourth-order valence-electron chi connectivity index (χ4n) is 2.98. The number of hydrogen-bond donors (Lipinski definition) is 1. The maximum atomic E-state index is 12.6. The summed E-state index contributed by atoms with van der Waals surface area (Å²) in [5, 5.41) is 7.65. The van der Waals surface area contributed by atoms with Gasteiger partial charge in [-0.05, 0) is 31.5 Å². The van der Waals surface area contributed by atoms with E-state index in [2.05, 4.69) is 15.4 Å². The number of aryl methyl sites for hydroxylation is 1. The van der Waals surface area contributed by atoms with E-state index in [9.17, 15) is 9.59 Å². The molecule has 30 heavy (non-hydrogen) atoms. The molecule has 0 spiro atoms. The Morgan fingerprint density at radius 1 is 1.10 bits per heavy atom. The molecule has 1 amide bonds. The van der Waals surface area contributed by atoms with Gasteiger partial charge in [0.15, 0.2) is 16.5 Å². The standard InChI is InChI=1S/C22H20N4O3S/c1-3-29-21(28)17-18-19(26(25-17)13-15-7-5-4-6-8-15)23-22(30-18)24-20(27)16-11-9-14(2)10-12-16/h4-12H,3,13H2,1-2H3,(H,23,24,27). The number of nitrogens with one attached hydrogen (secondary N) is 1. The summed E-state index contributed by atoms with van der Waals surface area (Å²) in [4.78, 5) is 29.5. The molecule has 1 N–H and O–H groups in total. The molecule has 0 saturated carbocycles. The van der Waals surface area contributed by atoms with Crippen LogP contribution in [0, 0.1) is 6.92 Å². The van der Waals surface area contributed by atoms with E-state index in [-0.39, 0.29) is 18.2 Å². The number of carbonyl (C=O) groups is 2. The average molecular weight is 420 g/mol. The van der Waals surface area contributed by atoms with Gasteiger partial charge in [-0.3, -0.25) is 10.1 Å². The molecule has 0 saturated heterocycles. The van der Waals surface area contributed by atoms with Gasteiger partial charge in [-0.25, -0.2) is 9.48 Å². The Morgan fingerprint density at radius 3 is 2.53 bits per heavy atom. The van der Waals surface area contributed by atoms with Crippen molar-refractivity contribution in [2.24, 2.45) is 0 Å². The van der Waals surface area contributed by atoms with E-state index in [1.54, 1.807) is 23.7 Å². The van der Waals surface area contributed by atoms with Gasteiger partial charge in [0.1, 0.15) is 4.70 Å². The van der Waals surface area contributed by atoms with Crippen molar-refractivity contribution in [1.82, 2.24) is 14.8 Å². The van der Waals surface area contributed by atoms with E-state index in [0.717, 1.165) is 11.1 Å². The second kappa shape index (κ2) is 8.46. The molecule has 2 aromatic carbocycles. The minimum Gasteiger partial charge on any atom is -0.461 e. The van der Waals surface area contributed by atoms with Crippen LogP contribution in [0.15, 0.2) is 54.6 Å². The van der Waals surface area contributed by atoms with Crippen LogP contribution in [0.5, 0.6) is 0 Å². The molecule has 2 heterocycles. The number of nitrogens with zero attached hydrogens (tertiary/aromatic N) is 3. The lowest BCUT2D eigenvalue weighted by Gasteiger charge is -2.04. The molecular formula is C22H20N4O3S. The number of ether oxygens (including phenoxy) is 1. The topological polar surface area (TPSA) is 86.1 Å². The highest BCUT2D eigenvalue weighted by Crippen LogP contribution is 2.30. The van der Waals surface area contributed by atoms with Crippen molar-refractivity contribution < 1.29 is 14.3 Å². The second-order valence-electron chi connectivity index (χ2n) is 6.70. The highest BCUT2D eigenvalue weighted by atomic mass is 32.1. The molecule has 4 rings (SSSR count). The van der Waals surface area contributed by atoms with E-state index in [1.807, 2.05) is 49.4 Å². The van der Waals surface area contributed by atoms with E-state index in [0.29, 0.717) is 27.6 Å². The molecule has 0 aliphatic heterocycles. The highest BCUT2D eigenvalue weighted by molar-refractivity contribution is 7.22. The molecule has 0 atom stereocenters. The zero-order valence-corrected chi connectivity index (χ0v) is 17.4. The van der Waals surface area contributed by atoms with Crippen molar-refractivity contribution in [2.45, 2.75) is 20.4 Å². The predicted molar refractivity (Wildman–Crippen MR) is 116 cm³/mol. The van der Waals surface area contributed by atoms with Gasteiger partial charge in [-0.15, -0.1) is 0 Å². The average Bonchev–Trinajstić information content (AvgIpc) is 3.29. The smallest absolute Gasteiger partial charge is 0.360 e. The summed E-state index contributed by atoms with van der Waals surface area (Å²) < 4.78 is 7.40. The van der Waals surface area contributed by atoms with Crippen LogP contribution in [0.1, 0.15) is 38.9 Å². The van der Waals surface area contributed by atoms with Crippen LogP contribution < -0.4 is 5.32 Å². The highest BCUT2D eigenvalue weighted by Gasteiger charge is 2.23. The van der Waals surface area contributed by atoms with Crippen molar-refractivity contribution in [3.8, 4) is 0 Å². The first-order chi connectivity index (χ1) is 14.5. The lowest BCUT2D eigenvalue weighted by molar-refractivity contribution is 0.0520. The van der Waals surface area contributed by atoms with Crippen LogP contribution in [-0.4, -0.2) is 33.2 Å². The Bertz CT molecular complexity index is 1200. The summed E-state index contributed by atoms with van der Waals surface area (Å²) in [6, 6.07) is 17.1. The molecule has 7 nitrogen and oxygen atoms in total. The number of rotatable bonds is 6. The monoisotopic (exact) mass is 420 g/mol. The summed E-state index contributed by atoms with van der Waals surface area (Å²) in [5.41, 5.74) is 3.38. The van der Waals surface area contributed by atoms with E-state index in [1.165, 1.54) is 11.3 Å². The number of benzene rings is 2. The zero-order chi connectivity index (χ0) is 21.1. The molecule has 2 aromatic heterocycles. The van der Waals surface area contributed by atoms with Crippen molar-refractivity contribution in [1.29, 1.82) is 0 Å². The fraction of sp³-hybridized carbons (Fsp3) is 0.182. The van der Waals surface area contributed by atoms with E-state index < -0.39 is 5.97 Å². The van der Waals surface area contributed by atoms with Gasteiger partial charge in [-0.1, -0.05) is 59.4 Å². The normalized spacial score (nSPS) is 10.9. The number of aromatic nitrogens is 3. The number of hydrogen-bond acceptors (Lipinski definition) is 6. The van der Waals surface area contributed by atoms with Crippen molar-refractivity contribution in [3.63, 3.8) is 0 Å². The zero-order valence-electron chi connectivity index (χ0n) is 16.6. The third-order valence-corrected chi connectivity index (χ3v) is 5.43. The summed E-state index contributed by atoms with van der Waals surface area (Å²) >= 11 is 1.21. The fourth-order valence-corrected chi connectivity index (χ4v) is 3.91. The van der Waals surface area contributed by atoms with Gasteiger partial charge < -0.3 is 4.74 Å². The number of amides is 1. The first-order valence-electron chi connectivity index (χ1n) is 9.51. The molecule has 0 unspecified atom stereocenters. The molecule has 152 valence electrons. The largest absolute Gasteiger partial charge is 0.461 e. The third kappa shape index (κ3) is 4.08. The molecule has 0 aliphatic rings. The quantitative estimate of drug-likeness (QED) is 0.471. The van der Waals surface area contributed by atoms with Crippen molar-refractivity contribution in [3.05, 3.63) is 77.0 Å². The van der Waals surface area contributed by atoms with Crippen molar-refractivity contribution >= 4 is 38.7 Å². The van der Waals surface area contributed by atoms with Gasteiger partial charge >= 0.3 is 5.97 Å². The Labute approximate surface area is 177 Å². The molecule has 0 aliphatic carbocycles. The lowest BCUT2D eigenvalue weighted by atomic mass is 10.1. The minimum atomic E-state index is -0.505. The van der Waals surface area contributed by atoms with Crippen LogP contribution in [0.2, 0.25) is 0 Å². The van der Waals surface area contributed by atoms with Crippen LogP contribution in [-0.2, 0) is 11.3 Å². The van der Waals surface area contributed by atoms with Crippen LogP contribution in [0.3, 0.4) is 0 Å². The maximum absolute atomic E-state index is 12.6. The van der Waals surface area contributed by atoms with Crippen LogP contribution >= 0.6 is 11.3 Å². The SMILES string of the molecule is CCOC(=O)c1nn(Cc2ccccc2)c2nc(NC(=O)c3ccc(C)cc3)sc12. The van der Waals surface area contributed by atoms with Gasteiger partial charge in [0.05, 0.1) is 13.2 Å². The van der Waals surface area contributed by atoms with E-state index in [4.69, 9.17) is 4.74 Å². The molecule has 4 aromatic rings. The first-order valence-corrected chi connectivity index (χ1v) is 10.3. The summed E-state index contributed by atoms with van der Waals surface area (Å²) in [7, 11) is 0. The van der Waals surface area contributed by atoms with Gasteiger partial charge in [0, 0.05) is 5.56 Å². The Kier molecular flexibility index (Phi) is 5.58. The van der Waals surface area contributed by atoms with Crippen LogP contribution in [0.4, 0.5) is 5.13 Å². The summed E-state index contributed by atoms with van der Waals surface area (Å²) in [6.07, 6.45) is 0. The Balaban J connectivity index is 1.68. The van der Waals surface area contributed by atoms with Gasteiger partial charge in [0.25, 0.3) is 5.91 Å². The molecule has 8 heteroatoms. The molecule has 0 radical (unpaired) electrons. The number of anilines is 1. The lowest BCUT2D eigenvalue weighted by Crippen LogP contribution is -2.12. The second-order valence-corrected chi connectivity index (χ2v) is 7.70. The number of esters is 1. The molecule has 0 bridgehead atoms. The van der Waals surface area contributed by atoms with E-state index >= 15 is 0 Å². The van der Waals surface area contributed by atoms with Gasteiger partial charge in [0.2, 0.25) is 0 Å². The van der Waals surface area contributed by atoms with Crippen molar-refractivity contribution in [2.75, 3.05) is 11.9 Å².